The number of ether oxygens (including phenoxy) is 3. The summed E-state index contributed by atoms with van der Waals surface area (Å²) in [5, 5.41) is 2.91. The van der Waals surface area contributed by atoms with Gasteiger partial charge >= 0.3 is 6.03 Å². The molecule has 0 radical (unpaired) electrons. The molecular formula is C33H25Cl2FN2O6. The molecule has 8 nitrogen and oxygen atoms in total. The van der Waals surface area contributed by atoms with Crippen molar-refractivity contribution in [1.29, 1.82) is 0 Å². The van der Waals surface area contributed by atoms with Crippen LogP contribution >= 0.6 is 23.2 Å². The summed E-state index contributed by atoms with van der Waals surface area (Å²) in [7, 11) is 0. The first-order chi connectivity index (χ1) is 21.2. The molecule has 224 valence electrons. The van der Waals surface area contributed by atoms with Gasteiger partial charge in [0.2, 0.25) is 0 Å². The van der Waals surface area contributed by atoms with Gasteiger partial charge in [-0.3, -0.25) is 14.9 Å². The van der Waals surface area contributed by atoms with E-state index >= 15 is 0 Å². The Morgan fingerprint density at radius 1 is 0.841 bits per heavy atom. The zero-order valence-electron chi connectivity index (χ0n) is 23.3. The molecule has 4 amide bonds. The van der Waals surface area contributed by atoms with Crippen molar-refractivity contribution in [2.75, 3.05) is 11.5 Å². The smallest absolute Gasteiger partial charge is 0.335 e. The lowest BCUT2D eigenvalue weighted by molar-refractivity contribution is -0.122. The number of hydrogen-bond donors (Lipinski definition) is 1. The number of carbonyl (C=O) groups excluding carboxylic acids is 3. The molecule has 0 aromatic heterocycles. The molecule has 0 unspecified atom stereocenters. The molecule has 1 aliphatic heterocycles. The van der Waals surface area contributed by atoms with Gasteiger partial charge < -0.3 is 14.2 Å². The van der Waals surface area contributed by atoms with Crippen molar-refractivity contribution in [2.24, 2.45) is 0 Å². The van der Waals surface area contributed by atoms with Gasteiger partial charge in [-0.05, 0) is 78.7 Å². The van der Waals surface area contributed by atoms with E-state index < -0.39 is 23.7 Å². The summed E-state index contributed by atoms with van der Waals surface area (Å²) in [4.78, 5) is 39.8. The highest BCUT2D eigenvalue weighted by Crippen LogP contribution is 2.38. The zero-order valence-corrected chi connectivity index (χ0v) is 24.8. The van der Waals surface area contributed by atoms with Crippen molar-refractivity contribution < 1.29 is 33.0 Å². The Labute approximate surface area is 262 Å². The van der Waals surface area contributed by atoms with Gasteiger partial charge in [0.05, 0.1) is 17.3 Å². The van der Waals surface area contributed by atoms with Crippen molar-refractivity contribution >= 4 is 52.8 Å². The van der Waals surface area contributed by atoms with E-state index in [1.165, 1.54) is 36.4 Å². The molecule has 0 aliphatic carbocycles. The minimum Gasteiger partial charge on any atom is -0.490 e. The predicted molar refractivity (Wildman–Crippen MR) is 165 cm³/mol. The Kier molecular flexibility index (Phi) is 9.47. The van der Waals surface area contributed by atoms with Crippen LogP contribution in [0.4, 0.5) is 14.9 Å². The van der Waals surface area contributed by atoms with Gasteiger partial charge in [-0.1, -0.05) is 53.5 Å². The van der Waals surface area contributed by atoms with Crippen molar-refractivity contribution in [2.45, 2.75) is 20.1 Å². The number of imide groups is 2. The molecule has 1 fully saturated rings. The van der Waals surface area contributed by atoms with Gasteiger partial charge in [0, 0.05) is 10.6 Å². The molecule has 1 heterocycles. The zero-order chi connectivity index (χ0) is 31.2. The van der Waals surface area contributed by atoms with E-state index in [0.717, 1.165) is 10.5 Å². The highest BCUT2D eigenvalue weighted by Gasteiger charge is 2.37. The second kappa shape index (κ2) is 13.6. The lowest BCUT2D eigenvalue weighted by Crippen LogP contribution is -2.54. The maximum Gasteiger partial charge on any atom is 0.335 e. The molecule has 0 bridgehead atoms. The van der Waals surface area contributed by atoms with E-state index in [9.17, 15) is 18.8 Å². The Morgan fingerprint density at radius 3 is 2.34 bits per heavy atom. The fraction of sp³-hybridized carbons (Fsp3) is 0.121. The minimum absolute atomic E-state index is 0.0276. The number of amides is 4. The summed E-state index contributed by atoms with van der Waals surface area (Å²) in [6.07, 6.45) is 1.31. The number of rotatable bonds is 10. The first-order valence-corrected chi connectivity index (χ1v) is 14.2. The third-order valence-electron chi connectivity index (χ3n) is 6.46. The molecule has 44 heavy (non-hydrogen) atoms. The lowest BCUT2D eigenvalue weighted by Gasteiger charge is -2.26. The van der Waals surface area contributed by atoms with Crippen molar-refractivity contribution in [3.05, 3.63) is 123 Å². The highest BCUT2D eigenvalue weighted by molar-refractivity contribution is 6.39. The normalized spacial score (nSPS) is 14.0. The predicted octanol–water partition coefficient (Wildman–Crippen LogP) is 7.36. The van der Waals surface area contributed by atoms with Gasteiger partial charge in [0.15, 0.2) is 11.5 Å². The lowest BCUT2D eigenvalue weighted by atomic mass is 10.1. The van der Waals surface area contributed by atoms with Gasteiger partial charge in [-0.2, -0.15) is 0 Å². The molecule has 0 spiro atoms. The molecule has 0 atom stereocenters. The van der Waals surface area contributed by atoms with Crippen LogP contribution in [0.5, 0.6) is 17.2 Å². The largest absolute Gasteiger partial charge is 0.490 e. The first kappa shape index (κ1) is 30.6. The Balaban J connectivity index is 1.36. The molecule has 4 aromatic rings. The fourth-order valence-electron chi connectivity index (χ4n) is 4.38. The maximum atomic E-state index is 13.6. The van der Waals surface area contributed by atoms with Gasteiger partial charge in [-0.15, -0.1) is 0 Å². The molecular weight excluding hydrogens is 610 g/mol. The second-order valence-corrected chi connectivity index (χ2v) is 10.3. The number of benzene rings is 4. The third kappa shape index (κ3) is 7.02. The van der Waals surface area contributed by atoms with E-state index in [-0.39, 0.29) is 47.6 Å². The van der Waals surface area contributed by atoms with Gasteiger partial charge in [0.1, 0.15) is 30.4 Å². The van der Waals surface area contributed by atoms with E-state index in [0.29, 0.717) is 21.9 Å². The third-order valence-corrected chi connectivity index (χ3v) is 7.11. The van der Waals surface area contributed by atoms with Crippen LogP contribution in [0.1, 0.15) is 23.6 Å². The summed E-state index contributed by atoms with van der Waals surface area (Å²) in [6.45, 7) is 2.29. The average molecular weight is 635 g/mol. The molecule has 1 saturated heterocycles. The summed E-state index contributed by atoms with van der Waals surface area (Å²) in [6, 6.07) is 21.6. The summed E-state index contributed by atoms with van der Waals surface area (Å²) in [5.74, 6) is -1.13. The van der Waals surface area contributed by atoms with Crippen LogP contribution in [-0.4, -0.2) is 24.5 Å². The standard InChI is InChI=1S/C33H25Cl2FN2O6/c1-2-42-29-17-21(16-28(35)30(29)44-18-20-6-5-8-23(36)14-20)15-26-31(39)37-33(41)38(32(26)40)24-10-12-25(13-11-24)43-19-22-7-3-4-9-27(22)34/h3-17H,2,18-19H2,1H3,(H,37,39,41)/b26-15+. The van der Waals surface area contributed by atoms with Gasteiger partial charge in [-0.25, -0.2) is 14.1 Å². The number of nitrogens with one attached hydrogen (secondary N) is 1. The number of hydrogen-bond acceptors (Lipinski definition) is 6. The molecule has 0 saturated carbocycles. The minimum atomic E-state index is -0.893. The number of urea groups is 1. The molecule has 1 N–H and O–H groups in total. The van der Waals surface area contributed by atoms with Crippen molar-refractivity contribution in [3.8, 4) is 17.2 Å². The molecule has 11 heteroatoms. The Bertz CT molecular complexity index is 1760. The Morgan fingerprint density at radius 2 is 1.61 bits per heavy atom. The number of halogens is 3. The number of barbiturate groups is 1. The van der Waals surface area contributed by atoms with Crippen molar-refractivity contribution in [1.82, 2.24) is 5.32 Å². The van der Waals surface area contributed by atoms with Crippen LogP contribution in [0, 0.1) is 5.82 Å². The van der Waals surface area contributed by atoms with Crippen LogP contribution in [0.25, 0.3) is 6.08 Å². The Hall–Kier alpha value is -4.86. The highest BCUT2D eigenvalue weighted by atomic mass is 35.5. The van der Waals surface area contributed by atoms with E-state index in [2.05, 4.69) is 5.32 Å². The number of nitrogens with zero attached hydrogens (tertiary/aromatic N) is 1. The topological polar surface area (TPSA) is 94.2 Å². The number of carbonyl (C=O) groups is 3. The maximum absolute atomic E-state index is 13.6. The first-order valence-electron chi connectivity index (χ1n) is 13.4. The van der Waals surface area contributed by atoms with Crippen LogP contribution in [-0.2, 0) is 22.8 Å². The van der Waals surface area contributed by atoms with Crippen LogP contribution in [0.3, 0.4) is 0 Å². The van der Waals surface area contributed by atoms with Gasteiger partial charge in [0.25, 0.3) is 11.8 Å². The summed E-state index contributed by atoms with van der Waals surface area (Å²) >= 11 is 12.7. The second-order valence-electron chi connectivity index (χ2n) is 9.51. The monoisotopic (exact) mass is 634 g/mol. The quantitative estimate of drug-likeness (QED) is 0.145. The van der Waals surface area contributed by atoms with Crippen molar-refractivity contribution in [3.63, 3.8) is 0 Å². The molecule has 4 aromatic carbocycles. The van der Waals surface area contributed by atoms with Crippen LogP contribution in [0.2, 0.25) is 10.0 Å². The van der Waals surface area contributed by atoms with E-state index in [4.69, 9.17) is 37.4 Å². The average Bonchev–Trinajstić information content (AvgIpc) is 2.99. The van der Waals surface area contributed by atoms with Crippen LogP contribution < -0.4 is 24.4 Å². The molecule has 5 rings (SSSR count). The SMILES string of the molecule is CCOc1cc(/C=C2\C(=O)NC(=O)N(c3ccc(OCc4ccccc4Cl)cc3)C2=O)cc(Cl)c1OCc1cccc(F)c1. The van der Waals surface area contributed by atoms with E-state index in [1.54, 1.807) is 43.3 Å². The van der Waals surface area contributed by atoms with Crippen LogP contribution in [0.15, 0.2) is 90.5 Å². The summed E-state index contributed by atoms with van der Waals surface area (Å²) < 4.78 is 30.9. The molecule has 1 aliphatic rings. The van der Waals surface area contributed by atoms with E-state index in [1.807, 2.05) is 18.2 Å². The summed E-state index contributed by atoms with van der Waals surface area (Å²) in [5.41, 5.74) is 1.67. The fourth-order valence-corrected chi connectivity index (χ4v) is 4.85. The number of anilines is 1.